The van der Waals surface area contributed by atoms with Crippen LogP contribution in [0.15, 0.2) is 48.5 Å². The van der Waals surface area contributed by atoms with Crippen molar-refractivity contribution >= 4 is 29.2 Å². The smallest absolute Gasteiger partial charge is 0.325 e. The van der Waals surface area contributed by atoms with Gasteiger partial charge < -0.3 is 15.1 Å². The van der Waals surface area contributed by atoms with Crippen molar-refractivity contribution in [3.05, 3.63) is 69.8 Å². The van der Waals surface area contributed by atoms with Crippen molar-refractivity contribution in [2.45, 2.75) is 19.4 Å². The van der Waals surface area contributed by atoms with Gasteiger partial charge in [0.05, 0.1) is 4.92 Å². The van der Waals surface area contributed by atoms with Crippen molar-refractivity contribution in [3.63, 3.8) is 0 Å². The number of nitro groups is 1. The molecule has 4 amide bonds. The normalized spacial score (nSPS) is 20.7. The van der Waals surface area contributed by atoms with Crippen LogP contribution in [0.25, 0.3) is 0 Å². The monoisotopic (exact) mass is 451 g/mol. The van der Waals surface area contributed by atoms with E-state index in [1.807, 2.05) is 30.0 Å². The van der Waals surface area contributed by atoms with Crippen LogP contribution in [0.3, 0.4) is 0 Å². The Balaban J connectivity index is 1.38. The van der Waals surface area contributed by atoms with Gasteiger partial charge in [0.1, 0.15) is 12.1 Å². The number of amides is 4. The van der Waals surface area contributed by atoms with Gasteiger partial charge in [0.25, 0.3) is 11.6 Å². The van der Waals surface area contributed by atoms with Crippen LogP contribution in [0.4, 0.5) is 16.2 Å². The van der Waals surface area contributed by atoms with Gasteiger partial charge in [-0.15, -0.1) is 0 Å². The number of nitrogens with one attached hydrogen (secondary N) is 1. The highest BCUT2D eigenvalue weighted by molar-refractivity contribution is 6.09. The minimum atomic E-state index is -1.21. The van der Waals surface area contributed by atoms with Crippen molar-refractivity contribution < 1.29 is 19.3 Å². The van der Waals surface area contributed by atoms with Gasteiger partial charge in [-0.25, -0.2) is 4.79 Å². The topological polar surface area (TPSA) is 116 Å². The molecule has 2 fully saturated rings. The Hall–Kier alpha value is -3.95. The van der Waals surface area contributed by atoms with E-state index in [9.17, 15) is 24.5 Å². The molecule has 2 heterocycles. The first kappa shape index (κ1) is 22.3. The summed E-state index contributed by atoms with van der Waals surface area (Å²) in [5, 5.41) is 13.6. The SMILES string of the molecule is Cc1ccccc1C1(C)NC(=O)N(CC(=O)N2CCN(c3ccc([N+](=O)[O-])cc3)CC2)C1=O. The Morgan fingerprint density at radius 2 is 1.70 bits per heavy atom. The molecular formula is C23H25N5O5. The van der Waals surface area contributed by atoms with Crippen LogP contribution in [0.2, 0.25) is 0 Å². The summed E-state index contributed by atoms with van der Waals surface area (Å²) in [6.45, 7) is 5.16. The number of rotatable bonds is 5. The minimum Gasteiger partial charge on any atom is -0.368 e. The van der Waals surface area contributed by atoms with E-state index in [-0.39, 0.29) is 18.1 Å². The van der Waals surface area contributed by atoms with Crippen molar-refractivity contribution in [1.82, 2.24) is 15.1 Å². The fourth-order valence-corrected chi connectivity index (χ4v) is 4.39. The fourth-order valence-electron chi connectivity index (χ4n) is 4.39. The second kappa shape index (κ2) is 8.53. The summed E-state index contributed by atoms with van der Waals surface area (Å²) in [7, 11) is 0. The van der Waals surface area contributed by atoms with Crippen LogP contribution in [-0.4, -0.2) is 65.3 Å². The van der Waals surface area contributed by atoms with Gasteiger partial charge >= 0.3 is 6.03 Å². The zero-order valence-corrected chi connectivity index (χ0v) is 18.5. The molecule has 2 aliphatic heterocycles. The molecule has 33 heavy (non-hydrogen) atoms. The number of anilines is 1. The molecule has 2 aromatic rings. The van der Waals surface area contributed by atoms with Crippen LogP contribution in [0.1, 0.15) is 18.1 Å². The van der Waals surface area contributed by atoms with E-state index in [1.54, 1.807) is 30.0 Å². The number of nitrogens with zero attached hydrogens (tertiary/aromatic N) is 4. The molecule has 10 heteroatoms. The van der Waals surface area contributed by atoms with Crippen molar-refractivity contribution in [1.29, 1.82) is 0 Å². The van der Waals surface area contributed by atoms with Crippen molar-refractivity contribution in [2.24, 2.45) is 0 Å². The highest BCUT2D eigenvalue weighted by Crippen LogP contribution is 2.31. The van der Waals surface area contributed by atoms with Gasteiger partial charge in [-0.05, 0) is 37.1 Å². The van der Waals surface area contributed by atoms with E-state index in [4.69, 9.17) is 0 Å². The van der Waals surface area contributed by atoms with Gasteiger partial charge in [0, 0.05) is 44.0 Å². The number of hydrogen-bond acceptors (Lipinski definition) is 6. The number of benzene rings is 2. The molecule has 1 N–H and O–H groups in total. The molecule has 1 unspecified atom stereocenters. The second-order valence-electron chi connectivity index (χ2n) is 8.40. The molecule has 0 saturated carbocycles. The molecule has 2 aliphatic rings. The van der Waals surface area contributed by atoms with Crippen molar-refractivity contribution in [2.75, 3.05) is 37.6 Å². The summed E-state index contributed by atoms with van der Waals surface area (Å²) >= 11 is 0. The number of piperazine rings is 1. The number of nitro benzene ring substituents is 1. The molecule has 10 nitrogen and oxygen atoms in total. The van der Waals surface area contributed by atoms with Gasteiger partial charge in [-0.3, -0.25) is 24.6 Å². The van der Waals surface area contributed by atoms with E-state index < -0.39 is 22.4 Å². The van der Waals surface area contributed by atoms with Crippen LogP contribution < -0.4 is 10.2 Å². The predicted octanol–water partition coefficient (Wildman–Crippen LogP) is 2.02. The number of aryl methyl sites for hydroxylation is 1. The quantitative estimate of drug-likeness (QED) is 0.422. The second-order valence-corrected chi connectivity index (χ2v) is 8.40. The number of carbonyl (C=O) groups is 3. The first-order valence-corrected chi connectivity index (χ1v) is 10.7. The molecule has 0 radical (unpaired) electrons. The summed E-state index contributed by atoms with van der Waals surface area (Å²) < 4.78 is 0. The average molecular weight is 451 g/mol. The lowest BCUT2D eigenvalue weighted by molar-refractivity contribution is -0.384. The number of carbonyl (C=O) groups excluding carboxylic acids is 3. The van der Waals surface area contributed by atoms with Gasteiger partial charge in [0.15, 0.2) is 0 Å². The summed E-state index contributed by atoms with van der Waals surface area (Å²) in [6, 6.07) is 13.1. The van der Waals surface area contributed by atoms with E-state index >= 15 is 0 Å². The largest absolute Gasteiger partial charge is 0.368 e. The lowest BCUT2D eigenvalue weighted by Gasteiger charge is -2.36. The lowest BCUT2D eigenvalue weighted by Crippen LogP contribution is -2.52. The molecule has 0 spiro atoms. The number of urea groups is 1. The van der Waals surface area contributed by atoms with Crippen LogP contribution in [0, 0.1) is 17.0 Å². The minimum absolute atomic E-state index is 0.0267. The van der Waals surface area contributed by atoms with Gasteiger partial charge in [-0.2, -0.15) is 0 Å². The molecule has 1 atom stereocenters. The molecule has 0 aliphatic carbocycles. The summed E-state index contributed by atoms with van der Waals surface area (Å²) in [6.07, 6.45) is 0. The maximum Gasteiger partial charge on any atom is 0.325 e. The molecule has 172 valence electrons. The Kier molecular flexibility index (Phi) is 5.75. The number of imide groups is 1. The summed E-state index contributed by atoms with van der Waals surface area (Å²) in [4.78, 5) is 53.6. The standard InChI is InChI=1S/C23H25N5O5/c1-16-5-3-4-6-19(16)23(2)21(30)27(22(31)24-23)15-20(29)26-13-11-25(12-14-26)17-7-9-18(10-8-17)28(32)33/h3-10H,11-15H2,1-2H3,(H,24,31). The number of hydrogen-bond donors (Lipinski definition) is 1. The van der Waals surface area contributed by atoms with Crippen LogP contribution in [0.5, 0.6) is 0 Å². The average Bonchev–Trinajstić information content (AvgIpc) is 3.03. The molecule has 2 aromatic carbocycles. The fraction of sp³-hybridized carbons (Fsp3) is 0.348. The Morgan fingerprint density at radius 3 is 2.30 bits per heavy atom. The molecule has 0 bridgehead atoms. The zero-order chi connectivity index (χ0) is 23.8. The van der Waals surface area contributed by atoms with E-state index in [0.717, 1.165) is 16.2 Å². The third-order valence-corrected chi connectivity index (χ3v) is 6.31. The Bertz CT molecular complexity index is 1110. The predicted molar refractivity (Wildman–Crippen MR) is 121 cm³/mol. The highest BCUT2D eigenvalue weighted by Gasteiger charge is 2.50. The maximum absolute atomic E-state index is 13.1. The maximum atomic E-state index is 13.1. The van der Waals surface area contributed by atoms with Gasteiger partial charge in [0.2, 0.25) is 5.91 Å². The summed E-state index contributed by atoms with van der Waals surface area (Å²) in [5.74, 6) is -0.740. The lowest BCUT2D eigenvalue weighted by atomic mass is 9.88. The zero-order valence-electron chi connectivity index (χ0n) is 18.5. The van der Waals surface area contributed by atoms with E-state index in [2.05, 4.69) is 5.32 Å². The first-order valence-electron chi connectivity index (χ1n) is 10.7. The van der Waals surface area contributed by atoms with Crippen molar-refractivity contribution in [3.8, 4) is 0 Å². The Labute approximate surface area is 190 Å². The molecular weight excluding hydrogens is 426 g/mol. The molecule has 0 aromatic heterocycles. The number of non-ortho nitro benzene ring substituents is 1. The first-order chi connectivity index (χ1) is 15.7. The highest BCUT2D eigenvalue weighted by atomic mass is 16.6. The van der Waals surface area contributed by atoms with Crippen LogP contribution >= 0.6 is 0 Å². The van der Waals surface area contributed by atoms with E-state index in [1.165, 1.54) is 12.1 Å². The third kappa shape index (κ3) is 4.11. The molecule has 4 rings (SSSR count). The molecule has 2 saturated heterocycles. The Morgan fingerprint density at radius 1 is 1.06 bits per heavy atom. The van der Waals surface area contributed by atoms with Crippen LogP contribution in [-0.2, 0) is 15.1 Å². The summed E-state index contributed by atoms with van der Waals surface area (Å²) in [5.41, 5.74) is 1.24. The van der Waals surface area contributed by atoms with E-state index in [0.29, 0.717) is 31.7 Å². The van der Waals surface area contributed by atoms with Gasteiger partial charge in [-0.1, -0.05) is 24.3 Å². The third-order valence-electron chi connectivity index (χ3n) is 6.31.